The van der Waals surface area contributed by atoms with Gasteiger partial charge in [-0.2, -0.15) is 0 Å². The topological polar surface area (TPSA) is 71.2 Å². The zero-order valence-corrected chi connectivity index (χ0v) is 10.2. The number of pyridine rings is 1. The molecule has 0 atom stereocenters. The zero-order chi connectivity index (χ0) is 12.4. The molecule has 0 spiro atoms. The molecule has 0 saturated heterocycles. The highest BCUT2D eigenvalue weighted by Crippen LogP contribution is 2.19. The molecule has 5 nitrogen and oxygen atoms in total. The summed E-state index contributed by atoms with van der Waals surface area (Å²) in [5.41, 5.74) is 7.26. The first-order valence-electron chi connectivity index (χ1n) is 5.79. The van der Waals surface area contributed by atoms with Gasteiger partial charge in [0.2, 0.25) is 5.91 Å². The van der Waals surface area contributed by atoms with Gasteiger partial charge in [-0.05, 0) is 31.4 Å². The Balaban J connectivity index is 1.97. The van der Waals surface area contributed by atoms with Crippen LogP contribution in [0.4, 0.5) is 11.5 Å². The van der Waals surface area contributed by atoms with E-state index < -0.39 is 0 Å². The number of amides is 1. The molecule has 17 heavy (non-hydrogen) atoms. The van der Waals surface area contributed by atoms with Crippen LogP contribution >= 0.6 is 0 Å². The molecule has 1 amide bonds. The van der Waals surface area contributed by atoms with Crippen LogP contribution in [-0.4, -0.2) is 30.5 Å². The standard InChI is InChI=1S/C12H18N4O/c1-8-5-9(13)6-14-12(8)16(2)7-11(17)15-10-3-4-10/h5-6,10H,3-4,7,13H2,1-2H3,(H,15,17). The molecule has 1 heterocycles. The Bertz CT molecular complexity index is 429. The van der Waals surface area contributed by atoms with E-state index in [4.69, 9.17) is 5.73 Å². The second-order valence-electron chi connectivity index (χ2n) is 4.61. The Labute approximate surface area is 101 Å². The molecule has 1 saturated carbocycles. The molecule has 0 aromatic carbocycles. The third-order valence-corrected chi connectivity index (χ3v) is 2.76. The zero-order valence-electron chi connectivity index (χ0n) is 10.2. The van der Waals surface area contributed by atoms with Gasteiger partial charge >= 0.3 is 0 Å². The molecule has 1 aromatic heterocycles. The van der Waals surface area contributed by atoms with Crippen LogP contribution < -0.4 is 16.0 Å². The fraction of sp³-hybridized carbons (Fsp3) is 0.500. The van der Waals surface area contributed by atoms with Crippen LogP contribution in [0.2, 0.25) is 0 Å². The van der Waals surface area contributed by atoms with Gasteiger partial charge in [0.15, 0.2) is 0 Å². The van der Waals surface area contributed by atoms with Crippen molar-refractivity contribution >= 4 is 17.4 Å². The van der Waals surface area contributed by atoms with Crippen molar-refractivity contribution < 1.29 is 4.79 Å². The van der Waals surface area contributed by atoms with E-state index in [0.717, 1.165) is 24.2 Å². The van der Waals surface area contributed by atoms with Gasteiger partial charge in [-0.3, -0.25) is 4.79 Å². The number of nitrogens with two attached hydrogens (primary N) is 1. The summed E-state index contributed by atoms with van der Waals surface area (Å²) in [5.74, 6) is 0.846. The Morgan fingerprint density at radius 1 is 1.65 bits per heavy atom. The Kier molecular flexibility index (Phi) is 3.17. The van der Waals surface area contributed by atoms with Crippen molar-refractivity contribution in [3.8, 4) is 0 Å². The molecule has 0 unspecified atom stereocenters. The average molecular weight is 234 g/mol. The predicted molar refractivity (Wildman–Crippen MR) is 67.8 cm³/mol. The fourth-order valence-corrected chi connectivity index (χ4v) is 1.78. The van der Waals surface area contributed by atoms with Gasteiger partial charge in [-0.1, -0.05) is 0 Å². The molecular formula is C12H18N4O. The van der Waals surface area contributed by atoms with Crippen molar-refractivity contribution in [3.63, 3.8) is 0 Å². The Morgan fingerprint density at radius 2 is 2.35 bits per heavy atom. The van der Waals surface area contributed by atoms with Gasteiger partial charge in [0.05, 0.1) is 18.4 Å². The molecule has 2 rings (SSSR count). The minimum atomic E-state index is 0.0491. The Hall–Kier alpha value is -1.78. The van der Waals surface area contributed by atoms with Crippen LogP contribution in [0.5, 0.6) is 0 Å². The van der Waals surface area contributed by atoms with Gasteiger partial charge in [-0.15, -0.1) is 0 Å². The van der Waals surface area contributed by atoms with Crippen molar-refractivity contribution in [2.24, 2.45) is 0 Å². The largest absolute Gasteiger partial charge is 0.397 e. The van der Waals surface area contributed by atoms with E-state index in [0.29, 0.717) is 18.3 Å². The molecule has 1 fully saturated rings. The first-order chi connectivity index (χ1) is 8.06. The lowest BCUT2D eigenvalue weighted by Gasteiger charge is -2.19. The van der Waals surface area contributed by atoms with Crippen molar-refractivity contribution in [2.45, 2.75) is 25.8 Å². The summed E-state index contributed by atoms with van der Waals surface area (Å²) < 4.78 is 0. The lowest BCUT2D eigenvalue weighted by atomic mass is 10.2. The molecule has 1 aliphatic carbocycles. The van der Waals surface area contributed by atoms with Crippen LogP contribution in [0.3, 0.4) is 0 Å². The van der Waals surface area contributed by atoms with Crippen molar-refractivity contribution in [1.82, 2.24) is 10.3 Å². The first kappa shape index (κ1) is 11.7. The number of carbonyl (C=O) groups is 1. The quantitative estimate of drug-likeness (QED) is 0.804. The van der Waals surface area contributed by atoms with E-state index in [-0.39, 0.29) is 5.91 Å². The van der Waals surface area contributed by atoms with E-state index in [1.54, 1.807) is 6.20 Å². The Morgan fingerprint density at radius 3 is 2.94 bits per heavy atom. The lowest BCUT2D eigenvalue weighted by Crippen LogP contribution is -2.36. The van der Waals surface area contributed by atoms with Crippen LogP contribution in [0.1, 0.15) is 18.4 Å². The minimum Gasteiger partial charge on any atom is -0.397 e. The summed E-state index contributed by atoms with van der Waals surface area (Å²) in [7, 11) is 1.86. The molecule has 5 heteroatoms. The number of anilines is 2. The maximum absolute atomic E-state index is 11.7. The van der Waals surface area contributed by atoms with E-state index in [9.17, 15) is 4.79 Å². The summed E-state index contributed by atoms with van der Waals surface area (Å²) in [4.78, 5) is 17.7. The monoisotopic (exact) mass is 234 g/mol. The highest BCUT2D eigenvalue weighted by atomic mass is 16.2. The second kappa shape index (κ2) is 4.61. The van der Waals surface area contributed by atoms with Crippen molar-refractivity contribution in [1.29, 1.82) is 0 Å². The number of nitrogens with zero attached hydrogens (tertiary/aromatic N) is 2. The lowest BCUT2D eigenvalue weighted by molar-refractivity contribution is -0.119. The molecule has 1 aromatic rings. The maximum Gasteiger partial charge on any atom is 0.239 e. The average Bonchev–Trinajstić information content (AvgIpc) is 3.00. The SMILES string of the molecule is Cc1cc(N)cnc1N(C)CC(=O)NC1CC1. The summed E-state index contributed by atoms with van der Waals surface area (Å²) >= 11 is 0. The van der Waals surface area contributed by atoms with Crippen molar-refractivity contribution in [3.05, 3.63) is 17.8 Å². The minimum absolute atomic E-state index is 0.0491. The number of nitrogen functional groups attached to an aromatic ring is 1. The molecule has 92 valence electrons. The molecule has 3 N–H and O–H groups in total. The number of hydrogen-bond acceptors (Lipinski definition) is 4. The van der Waals surface area contributed by atoms with Gasteiger partial charge < -0.3 is 16.0 Å². The van der Waals surface area contributed by atoms with Gasteiger partial charge in [-0.25, -0.2) is 4.98 Å². The van der Waals surface area contributed by atoms with Gasteiger partial charge in [0.25, 0.3) is 0 Å². The molecule has 0 aliphatic heterocycles. The van der Waals surface area contributed by atoms with E-state index >= 15 is 0 Å². The number of rotatable bonds is 4. The number of aromatic nitrogens is 1. The van der Waals surface area contributed by atoms with Crippen LogP contribution in [0.15, 0.2) is 12.3 Å². The maximum atomic E-state index is 11.7. The molecule has 1 aliphatic rings. The molecule has 0 radical (unpaired) electrons. The van der Waals surface area contributed by atoms with Crippen LogP contribution in [-0.2, 0) is 4.79 Å². The van der Waals surface area contributed by atoms with Gasteiger partial charge in [0.1, 0.15) is 5.82 Å². The first-order valence-corrected chi connectivity index (χ1v) is 5.79. The number of aryl methyl sites for hydroxylation is 1. The number of nitrogens with one attached hydrogen (secondary N) is 1. The third kappa shape index (κ3) is 3.09. The van der Waals surface area contributed by atoms with Gasteiger partial charge in [0, 0.05) is 13.1 Å². The third-order valence-electron chi connectivity index (χ3n) is 2.76. The summed E-state index contributed by atoms with van der Waals surface area (Å²) in [5, 5.41) is 2.95. The van der Waals surface area contributed by atoms with E-state index in [1.165, 1.54) is 0 Å². The fourth-order valence-electron chi connectivity index (χ4n) is 1.78. The van der Waals surface area contributed by atoms with Crippen LogP contribution in [0.25, 0.3) is 0 Å². The highest BCUT2D eigenvalue weighted by molar-refractivity contribution is 5.81. The molecular weight excluding hydrogens is 216 g/mol. The van der Waals surface area contributed by atoms with E-state index in [2.05, 4.69) is 10.3 Å². The molecule has 0 bridgehead atoms. The smallest absolute Gasteiger partial charge is 0.239 e. The highest BCUT2D eigenvalue weighted by Gasteiger charge is 2.23. The predicted octanol–water partition coefficient (Wildman–Crippen LogP) is 0.687. The van der Waals surface area contributed by atoms with Crippen molar-refractivity contribution in [2.75, 3.05) is 24.2 Å². The van der Waals surface area contributed by atoms with E-state index in [1.807, 2.05) is 24.9 Å². The number of likely N-dealkylation sites (N-methyl/N-ethyl adjacent to an activating group) is 1. The number of hydrogen-bond donors (Lipinski definition) is 2. The normalized spacial score (nSPS) is 14.5. The summed E-state index contributed by atoms with van der Waals surface area (Å²) in [6, 6.07) is 2.26. The summed E-state index contributed by atoms with van der Waals surface area (Å²) in [6.07, 6.45) is 3.82. The second-order valence-corrected chi connectivity index (χ2v) is 4.61. The summed E-state index contributed by atoms with van der Waals surface area (Å²) in [6.45, 7) is 2.27. The van der Waals surface area contributed by atoms with Crippen LogP contribution in [0, 0.1) is 6.92 Å². The number of carbonyl (C=O) groups excluding carboxylic acids is 1.